The molecular formula is C22H34O8P2. The molecule has 0 bridgehead atoms. The molecule has 32 heavy (non-hydrogen) atoms. The van der Waals surface area contributed by atoms with E-state index in [1.165, 1.54) is 0 Å². The zero-order valence-electron chi connectivity index (χ0n) is 19.7. The van der Waals surface area contributed by atoms with E-state index in [2.05, 4.69) is 0 Å². The largest absolute Gasteiger partial charge is 0.497 e. The highest BCUT2D eigenvalue weighted by molar-refractivity contribution is 7.53. The second kappa shape index (κ2) is 12.2. The highest BCUT2D eigenvalue weighted by Crippen LogP contribution is 2.55. The minimum atomic E-state index is -3.41. The highest BCUT2D eigenvalue weighted by atomic mass is 31.2. The maximum atomic E-state index is 13.3. The van der Waals surface area contributed by atoms with E-state index in [-0.39, 0.29) is 38.8 Å². The Balaban J connectivity index is 2.75. The molecule has 0 amide bonds. The quantitative estimate of drug-likeness (QED) is 0.283. The van der Waals surface area contributed by atoms with Crippen LogP contribution in [0.5, 0.6) is 11.5 Å². The molecule has 0 spiro atoms. The third kappa shape index (κ3) is 6.80. The summed E-state index contributed by atoms with van der Waals surface area (Å²) in [5.74, 6) is 1.17. The van der Waals surface area contributed by atoms with Gasteiger partial charge in [-0.25, -0.2) is 0 Å². The van der Waals surface area contributed by atoms with Crippen molar-refractivity contribution in [3.8, 4) is 11.5 Å². The molecule has 0 aliphatic rings. The Bertz CT molecular complexity index is 897. The molecule has 10 heteroatoms. The third-order valence-electron chi connectivity index (χ3n) is 4.66. The number of hydrogen-bond donors (Lipinski definition) is 0. The van der Waals surface area contributed by atoms with Crippen LogP contribution in [0.15, 0.2) is 24.3 Å². The van der Waals surface area contributed by atoms with E-state index < -0.39 is 15.2 Å². The van der Waals surface area contributed by atoms with E-state index in [0.29, 0.717) is 22.6 Å². The summed E-state index contributed by atoms with van der Waals surface area (Å²) in [5, 5.41) is 1.55. The van der Waals surface area contributed by atoms with Crippen LogP contribution >= 0.6 is 15.2 Å². The number of rotatable bonds is 14. The van der Waals surface area contributed by atoms with Crippen molar-refractivity contribution in [3.05, 3.63) is 35.4 Å². The van der Waals surface area contributed by atoms with Crippen molar-refractivity contribution in [2.24, 2.45) is 0 Å². The monoisotopic (exact) mass is 488 g/mol. The Morgan fingerprint density at radius 2 is 0.969 bits per heavy atom. The maximum Gasteiger partial charge on any atom is 0.335 e. The van der Waals surface area contributed by atoms with Gasteiger partial charge in [-0.15, -0.1) is 0 Å². The molecule has 2 aromatic rings. The molecule has 8 nitrogen and oxygen atoms in total. The van der Waals surface area contributed by atoms with Crippen molar-refractivity contribution < 1.29 is 36.7 Å². The lowest BCUT2D eigenvalue weighted by molar-refractivity contribution is 0.218. The van der Waals surface area contributed by atoms with Gasteiger partial charge in [-0.1, -0.05) is 0 Å². The summed E-state index contributed by atoms with van der Waals surface area (Å²) in [7, 11) is -3.69. The summed E-state index contributed by atoms with van der Waals surface area (Å²) in [5.41, 5.74) is 1.39. The van der Waals surface area contributed by atoms with Crippen molar-refractivity contribution in [2.75, 3.05) is 40.6 Å². The van der Waals surface area contributed by atoms with Crippen LogP contribution in [0.4, 0.5) is 0 Å². The van der Waals surface area contributed by atoms with Gasteiger partial charge in [-0.3, -0.25) is 9.13 Å². The van der Waals surface area contributed by atoms with Crippen molar-refractivity contribution in [2.45, 2.75) is 40.0 Å². The Kier molecular flexibility index (Phi) is 10.2. The fraction of sp³-hybridized carbons (Fsp3) is 0.545. The first-order chi connectivity index (χ1) is 15.3. The standard InChI is InChI=1S/C22H34O8P2/c1-7-27-31(23,28-8-2)15-18-13-20(25-5)11-17-12-21(26-6)14-19(22(17)18)16-32(24,29-9-3)30-10-4/h11-14H,7-10,15-16H2,1-6H3. The molecule has 0 atom stereocenters. The average Bonchev–Trinajstić information content (AvgIpc) is 2.73. The van der Waals surface area contributed by atoms with E-state index in [1.54, 1.807) is 54.0 Å². The van der Waals surface area contributed by atoms with Crippen LogP contribution in [0, 0.1) is 0 Å². The SMILES string of the molecule is CCOP(=O)(Cc1cc(OC)cc2cc(OC)cc(CP(=O)(OCC)OCC)c12)OCC. The molecule has 0 radical (unpaired) electrons. The smallest absolute Gasteiger partial charge is 0.335 e. The van der Waals surface area contributed by atoms with E-state index >= 15 is 0 Å². The first-order valence-electron chi connectivity index (χ1n) is 10.7. The number of fused-ring (bicyclic) bond motifs is 1. The summed E-state index contributed by atoms with van der Waals surface area (Å²) in [6, 6.07) is 7.30. The van der Waals surface area contributed by atoms with Gasteiger partial charge in [0.25, 0.3) is 0 Å². The molecule has 0 fully saturated rings. The Labute approximate surface area is 190 Å². The van der Waals surface area contributed by atoms with Crippen LogP contribution in [0.2, 0.25) is 0 Å². The van der Waals surface area contributed by atoms with Crippen LogP contribution < -0.4 is 9.47 Å². The Hall–Kier alpha value is -1.40. The number of methoxy groups -OCH3 is 2. The van der Waals surface area contributed by atoms with E-state index in [1.807, 2.05) is 12.1 Å². The van der Waals surface area contributed by atoms with Gasteiger partial charge in [-0.2, -0.15) is 0 Å². The van der Waals surface area contributed by atoms with Gasteiger partial charge < -0.3 is 27.6 Å². The van der Waals surface area contributed by atoms with Gasteiger partial charge >= 0.3 is 15.2 Å². The van der Waals surface area contributed by atoms with Crippen LogP contribution in [0.1, 0.15) is 38.8 Å². The molecule has 2 rings (SSSR count). The molecule has 180 valence electrons. The van der Waals surface area contributed by atoms with Crippen molar-refractivity contribution >= 4 is 26.0 Å². The van der Waals surface area contributed by atoms with Gasteiger partial charge in [-0.05, 0) is 73.9 Å². The summed E-state index contributed by atoms with van der Waals surface area (Å²) < 4.78 is 59.7. The Morgan fingerprint density at radius 3 is 1.25 bits per heavy atom. The van der Waals surface area contributed by atoms with Crippen LogP contribution in [-0.4, -0.2) is 40.6 Å². The molecule has 0 N–H and O–H groups in total. The predicted molar refractivity (Wildman–Crippen MR) is 126 cm³/mol. The normalized spacial score (nSPS) is 12.3. The maximum absolute atomic E-state index is 13.3. The second-order valence-electron chi connectivity index (χ2n) is 6.88. The molecule has 0 aromatic heterocycles. The van der Waals surface area contributed by atoms with E-state index in [9.17, 15) is 9.13 Å². The molecule has 0 saturated carbocycles. The van der Waals surface area contributed by atoms with Crippen LogP contribution in [0.25, 0.3) is 10.8 Å². The van der Waals surface area contributed by atoms with Crippen molar-refractivity contribution in [1.82, 2.24) is 0 Å². The first-order valence-corrected chi connectivity index (χ1v) is 14.2. The molecule has 0 unspecified atom stereocenters. The molecule has 2 aromatic carbocycles. The van der Waals surface area contributed by atoms with Gasteiger partial charge in [0.1, 0.15) is 11.5 Å². The highest BCUT2D eigenvalue weighted by Gasteiger charge is 2.29. The van der Waals surface area contributed by atoms with Crippen molar-refractivity contribution in [1.29, 1.82) is 0 Å². The zero-order valence-corrected chi connectivity index (χ0v) is 21.5. The number of benzene rings is 2. The molecule has 0 aliphatic carbocycles. The predicted octanol–water partition coefficient (Wildman–Crippen LogP) is 6.39. The minimum absolute atomic E-state index is 0.0370. The number of hydrogen-bond acceptors (Lipinski definition) is 8. The second-order valence-corrected chi connectivity index (χ2v) is 11.0. The summed E-state index contributed by atoms with van der Waals surface area (Å²) in [6.07, 6.45) is 0.0740. The summed E-state index contributed by atoms with van der Waals surface area (Å²) in [6.45, 7) is 8.09. The molecule has 0 saturated heterocycles. The summed E-state index contributed by atoms with van der Waals surface area (Å²) in [4.78, 5) is 0. The fourth-order valence-corrected chi connectivity index (χ4v) is 7.01. The van der Waals surface area contributed by atoms with Gasteiger partial charge in [0, 0.05) is 0 Å². The Morgan fingerprint density at radius 1 is 0.625 bits per heavy atom. The third-order valence-corrected chi connectivity index (χ3v) is 8.72. The van der Waals surface area contributed by atoms with E-state index in [4.69, 9.17) is 27.6 Å². The lowest BCUT2D eigenvalue weighted by Crippen LogP contribution is -2.04. The molecular weight excluding hydrogens is 454 g/mol. The topological polar surface area (TPSA) is 89.5 Å². The first kappa shape index (κ1) is 26.8. The lowest BCUT2D eigenvalue weighted by Gasteiger charge is -2.22. The number of ether oxygens (including phenoxy) is 2. The lowest BCUT2D eigenvalue weighted by atomic mass is 9.99. The van der Waals surface area contributed by atoms with Gasteiger partial charge in [0.15, 0.2) is 0 Å². The van der Waals surface area contributed by atoms with Crippen LogP contribution in [-0.2, 0) is 39.5 Å². The zero-order chi connectivity index (χ0) is 23.8. The van der Waals surface area contributed by atoms with E-state index in [0.717, 1.165) is 10.8 Å². The van der Waals surface area contributed by atoms with Crippen LogP contribution in [0.3, 0.4) is 0 Å². The van der Waals surface area contributed by atoms with Crippen molar-refractivity contribution in [3.63, 3.8) is 0 Å². The molecule has 0 heterocycles. The summed E-state index contributed by atoms with van der Waals surface area (Å²) >= 11 is 0. The van der Waals surface area contributed by atoms with Gasteiger partial charge in [0.2, 0.25) is 0 Å². The fourth-order valence-electron chi connectivity index (χ4n) is 3.59. The minimum Gasteiger partial charge on any atom is -0.497 e. The van der Waals surface area contributed by atoms with Gasteiger partial charge in [0.05, 0.1) is 53.0 Å². The molecule has 0 aliphatic heterocycles. The average molecular weight is 488 g/mol.